The van der Waals surface area contributed by atoms with Crippen molar-refractivity contribution in [3.63, 3.8) is 0 Å². The maximum absolute atomic E-state index is 8.53. The van der Waals surface area contributed by atoms with Gasteiger partial charge in [-0.1, -0.05) is 77.3 Å². The standard InChI is InChI=1S/C17H15N3S3/c18-10-3-4-11-21-16-19-20-17(23-16)22-12-14-8-5-7-13-6-1-2-9-15(13)14/h1-2,5-9H,3-4,11-12H2. The molecule has 0 fully saturated rings. The molecule has 0 atom stereocenters. The molecule has 0 bridgehead atoms. The number of thioether (sulfide) groups is 2. The average Bonchev–Trinajstić information content (AvgIpc) is 3.05. The first-order valence-electron chi connectivity index (χ1n) is 7.29. The summed E-state index contributed by atoms with van der Waals surface area (Å²) < 4.78 is 1.99. The van der Waals surface area contributed by atoms with Crippen LogP contribution in [0.5, 0.6) is 0 Å². The molecule has 0 aliphatic carbocycles. The van der Waals surface area contributed by atoms with E-state index in [-0.39, 0.29) is 0 Å². The topological polar surface area (TPSA) is 49.6 Å². The second-order valence-electron chi connectivity index (χ2n) is 4.87. The van der Waals surface area contributed by atoms with Crippen LogP contribution >= 0.6 is 34.9 Å². The van der Waals surface area contributed by atoms with Gasteiger partial charge in [0.15, 0.2) is 8.68 Å². The van der Waals surface area contributed by atoms with Crippen molar-refractivity contribution in [1.29, 1.82) is 5.26 Å². The SMILES string of the molecule is N#CCCCSc1nnc(SCc2cccc3ccccc23)s1. The van der Waals surface area contributed by atoms with Gasteiger partial charge in [0, 0.05) is 17.9 Å². The summed E-state index contributed by atoms with van der Waals surface area (Å²) in [5.41, 5.74) is 1.33. The Balaban J connectivity index is 1.60. The number of rotatable bonds is 7. The second-order valence-corrected chi connectivity index (χ2v) is 8.41. The van der Waals surface area contributed by atoms with Crippen molar-refractivity contribution in [2.75, 3.05) is 5.75 Å². The Morgan fingerprint density at radius 1 is 1.00 bits per heavy atom. The van der Waals surface area contributed by atoms with E-state index >= 15 is 0 Å². The van der Waals surface area contributed by atoms with Crippen molar-refractivity contribution in [1.82, 2.24) is 10.2 Å². The van der Waals surface area contributed by atoms with Gasteiger partial charge in [0.05, 0.1) is 6.07 Å². The second kappa shape index (κ2) is 8.34. The van der Waals surface area contributed by atoms with Crippen LogP contribution < -0.4 is 0 Å². The van der Waals surface area contributed by atoms with E-state index < -0.39 is 0 Å². The maximum Gasteiger partial charge on any atom is 0.175 e. The van der Waals surface area contributed by atoms with Crippen molar-refractivity contribution in [2.45, 2.75) is 27.3 Å². The van der Waals surface area contributed by atoms with E-state index in [1.165, 1.54) is 16.3 Å². The van der Waals surface area contributed by atoms with Crippen LogP contribution in [0.1, 0.15) is 18.4 Å². The van der Waals surface area contributed by atoms with E-state index in [2.05, 4.69) is 58.7 Å². The first-order chi connectivity index (χ1) is 11.4. The Morgan fingerprint density at radius 2 is 1.78 bits per heavy atom. The number of hydrogen-bond acceptors (Lipinski definition) is 6. The highest BCUT2D eigenvalue weighted by Gasteiger charge is 2.07. The van der Waals surface area contributed by atoms with Gasteiger partial charge < -0.3 is 0 Å². The number of hydrogen-bond donors (Lipinski definition) is 0. The monoisotopic (exact) mass is 357 g/mol. The Kier molecular flexibility index (Phi) is 5.92. The van der Waals surface area contributed by atoms with Gasteiger partial charge in [0.2, 0.25) is 0 Å². The van der Waals surface area contributed by atoms with Crippen LogP contribution in [0.2, 0.25) is 0 Å². The third kappa shape index (κ3) is 4.47. The number of fused-ring (bicyclic) bond motifs is 1. The first-order valence-corrected chi connectivity index (χ1v) is 10.1. The van der Waals surface area contributed by atoms with Crippen LogP contribution in [0.25, 0.3) is 10.8 Å². The molecule has 6 heteroatoms. The molecule has 1 aromatic heterocycles. The number of aromatic nitrogens is 2. The smallest absolute Gasteiger partial charge is 0.175 e. The van der Waals surface area contributed by atoms with E-state index in [0.717, 1.165) is 26.6 Å². The van der Waals surface area contributed by atoms with Gasteiger partial charge in [-0.2, -0.15) is 5.26 Å². The zero-order valence-electron chi connectivity index (χ0n) is 12.4. The van der Waals surface area contributed by atoms with E-state index in [4.69, 9.17) is 5.26 Å². The largest absolute Gasteiger partial charge is 0.198 e. The molecule has 0 N–H and O–H groups in total. The number of benzene rings is 2. The van der Waals surface area contributed by atoms with Gasteiger partial charge in [0.1, 0.15) is 0 Å². The normalized spacial score (nSPS) is 10.7. The molecular weight excluding hydrogens is 342 g/mol. The summed E-state index contributed by atoms with van der Waals surface area (Å²) in [5, 5.41) is 19.6. The summed E-state index contributed by atoms with van der Waals surface area (Å²) >= 11 is 5.05. The predicted molar refractivity (Wildman–Crippen MR) is 99.0 cm³/mol. The lowest BCUT2D eigenvalue weighted by Crippen LogP contribution is -1.83. The zero-order chi connectivity index (χ0) is 15.9. The van der Waals surface area contributed by atoms with Crippen molar-refractivity contribution < 1.29 is 0 Å². The summed E-state index contributed by atoms with van der Waals surface area (Å²) in [5.74, 6) is 1.82. The highest BCUT2D eigenvalue weighted by molar-refractivity contribution is 8.02. The lowest BCUT2D eigenvalue weighted by atomic mass is 10.1. The molecule has 2 aromatic carbocycles. The first kappa shape index (κ1) is 16.3. The summed E-state index contributed by atoms with van der Waals surface area (Å²) in [6.07, 6.45) is 1.51. The molecule has 0 unspecified atom stereocenters. The fourth-order valence-electron chi connectivity index (χ4n) is 2.18. The molecule has 0 radical (unpaired) electrons. The summed E-state index contributed by atoms with van der Waals surface area (Å²) in [4.78, 5) is 0. The molecule has 0 aliphatic rings. The fourth-order valence-corrected chi connectivity index (χ4v) is 5.22. The van der Waals surface area contributed by atoms with Gasteiger partial charge in [-0.25, -0.2) is 0 Å². The minimum absolute atomic E-state index is 0.606. The zero-order valence-corrected chi connectivity index (χ0v) is 14.9. The van der Waals surface area contributed by atoms with Crippen molar-refractivity contribution in [3.05, 3.63) is 48.0 Å². The highest BCUT2D eigenvalue weighted by Crippen LogP contribution is 2.32. The molecule has 3 nitrogen and oxygen atoms in total. The van der Waals surface area contributed by atoms with Crippen molar-refractivity contribution >= 4 is 45.6 Å². The quantitative estimate of drug-likeness (QED) is 0.420. The molecule has 1 heterocycles. The van der Waals surface area contributed by atoms with Crippen molar-refractivity contribution in [2.24, 2.45) is 0 Å². The van der Waals surface area contributed by atoms with Crippen molar-refractivity contribution in [3.8, 4) is 6.07 Å². The van der Waals surface area contributed by atoms with Crippen LogP contribution in [0.4, 0.5) is 0 Å². The van der Waals surface area contributed by atoms with Gasteiger partial charge >= 0.3 is 0 Å². The lowest BCUT2D eigenvalue weighted by Gasteiger charge is -2.04. The Labute approximate surface area is 148 Å². The number of unbranched alkanes of at least 4 members (excludes halogenated alkanes) is 1. The molecule has 116 valence electrons. The molecule has 23 heavy (non-hydrogen) atoms. The molecule has 0 saturated heterocycles. The van der Waals surface area contributed by atoms with Gasteiger partial charge in [0.25, 0.3) is 0 Å². The lowest BCUT2D eigenvalue weighted by molar-refractivity contribution is 0.945. The van der Waals surface area contributed by atoms with Crippen LogP contribution in [-0.4, -0.2) is 16.0 Å². The summed E-state index contributed by atoms with van der Waals surface area (Å²) in [6.45, 7) is 0. The summed E-state index contributed by atoms with van der Waals surface area (Å²) in [6, 6.07) is 17.0. The minimum Gasteiger partial charge on any atom is -0.198 e. The predicted octanol–water partition coefficient (Wildman–Crippen LogP) is 5.38. The molecule has 0 spiro atoms. The Hall–Kier alpha value is -1.55. The Bertz CT molecular complexity index is 818. The van der Waals surface area contributed by atoms with Crippen LogP contribution in [0.3, 0.4) is 0 Å². The van der Waals surface area contributed by atoms with Crippen LogP contribution in [0, 0.1) is 11.3 Å². The maximum atomic E-state index is 8.53. The van der Waals surface area contributed by atoms with E-state index in [0.29, 0.717) is 6.42 Å². The van der Waals surface area contributed by atoms with E-state index in [1.807, 2.05) is 0 Å². The fraction of sp³-hybridized carbons (Fsp3) is 0.235. The minimum atomic E-state index is 0.606. The van der Waals surface area contributed by atoms with Gasteiger partial charge in [-0.3, -0.25) is 0 Å². The number of nitrogens with zero attached hydrogens (tertiary/aromatic N) is 3. The number of nitriles is 1. The Morgan fingerprint density at radius 3 is 2.65 bits per heavy atom. The molecular formula is C17H15N3S3. The summed E-state index contributed by atoms with van der Waals surface area (Å²) in [7, 11) is 0. The third-order valence-electron chi connectivity index (χ3n) is 3.28. The van der Waals surface area contributed by atoms with Crippen LogP contribution in [-0.2, 0) is 5.75 Å². The van der Waals surface area contributed by atoms with E-state index in [9.17, 15) is 0 Å². The molecule has 3 rings (SSSR count). The van der Waals surface area contributed by atoms with E-state index in [1.54, 1.807) is 34.9 Å². The highest BCUT2D eigenvalue weighted by atomic mass is 32.2. The molecule has 0 aliphatic heterocycles. The molecule has 0 saturated carbocycles. The van der Waals surface area contributed by atoms with Gasteiger partial charge in [-0.05, 0) is 22.8 Å². The molecule has 3 aromatic rings. The third-order valence-corrected chi connectivity index (χ3v) is 6.60. The van der Waals surface area contributed by atoms with Gasteiger partial charge in [-0.15, -0.1) is 10.2 Å². The average molecular weight is 358 g/mol. The molecule has 0 amide bonds. The van der Waals surface area contributed by atoms with Crippen LogP contribution in [0.15, 0.2) is 51.1 Å².